The number of hydrogen-bond donors (Lipinski definition) is 3. The molecule has 0 aromatic heterocycles. The summed E-state index contributed by atoms with van der Waals surface area (Å²) < 4.78 is 5.38. The lowest BCUT2D eigenvalue weighted by atomic mass is 9.87. The zero-order valence-electron chi connectivity index (χ0n) is 16.5. The van der Waals surface area contributed by atoms with Crippen LogP contribution in [-0.2, 0) is 16.0 Å². The van der Waals surface area contributed by atoms with Gasteiger partial charge in [-0.25, -0.2) is 0 Å². The van der Waals surface area contributed by atoms with Crippen molar-refractivity contribution in [2.24, 2.45) is 0 Å². The number of nitrogens with one attached hydrogen (secondary N) is 3. The van der Waals surface area contributed by atoms with Gasteiger partial charge in [0.25, 0.3) is 0 Å². The van der Waals surface area contributed by atoms with E-state index in [-0.39, 0.29) is 17.9 Å². The monoisotopic (exact) mass is 381 g/mol. The van der Waals surface area contributed by atoms with E-state index in [0.29, 0.717) is 17.1 Å². The number of carbonyl (C=O) groups excluding carboxylic acids is 2. The zero-order valence-corrected chi connectivity index (χ0v) is 16.5. The SMILES string of the molecule is COc1ccc(NC(C)=O)cc1NC(C)C(=O)NC1CCCc2ccccc21. The summed E-state index contributed by atoms with van der Waals surface area (Å²) in [5, 5.41) is 9.11. The first-order chi connectivity index (χ1) is 13.5. The molecule has 2 atom stereocenters. The van der Waals surface area contributed by atoms with Crippen molar-refractivity contribution in [2.45, 2.75) is 45.2 Å². The molecule has 6 nitrogen and oxygen atoms in total. The molecule has 0 spiro atoms. The Morgan fingerprint density at radius 2 is 1.96 bits per heavy atom. The molecule has 0 aliphatic heterocycles. The Hall–Kier alpha value is -3.02. The molecule has 0 fully saturated rings. The maximum absolute atomic E-state index is 12.8. The molecule has 1 aliphatic rings. The highest BCUT2D eigenvalue weighted by Crippen LogP contribution is 2.31. The molecule has 0 saturated carbocycles. The molecule has 1 aliphatic carbocycles. The number of amides is 2. The smallest absolute Gasteiger partial charge is 0.242 e. The van der Waals surface area contributed by atoms with Gasteiger partial charge < -0.3 is 20.7 Å². The summed E-state index contributed by atoms with van der Waals surface area (Å²) in [6, 6.07) is 13.1. The lowest BCUT2D eigenvalue weighted by Gasteiger charge is -2.28. The van der Waals surface area contributed by atoms with Crippen molar-refractivity contribution in [1.82, 2.24) is 5.32 Å². The number of carbonyl (C=O) groups is 2. The highest BCUT2D eigenvalue weighted by molar-refractivity contribution is 5.90. The van der Waals surface area contributed by atoms with Crippen LogP contribution < -0.4 is 20.7 Å². The minimum Gasteiger partial charge on any atom is -0.495 e. The van der Waals surface area contributed by atoms with Gasteiger partial charge in [-0.2, -0.15) is 0 Å². The van der Waals surface area contributed by atoms with Crippen LogP contribution in [0.2, 0.25) is 0 Å². The Morgan fingerprint density at radius 1 is 1.18 bits per heavy atom. The van der Waals surface area contributed by atoms with Gasteiger partial charge in [0, 0.05) is 12.6 Å². The van der Waals surface area contributed by atoms with E-state index in [1.165, 1.54) is 18.1 Å². The highest BCUT2D eigenvalue weighted by atomic mass is 16.5. The zero-order chi connectivity index (χ0) is 20.1. The van der Waals surface area contributed by atoms with E-state index in [4.69, 9.17) is 4.74 Å². The van der Waals surface area contributed by atoms with E-state index in [1.807, 2.05) is 19.1 Å². The highest BCUT2D eigenvalue weighted by Gasteiger charge is 2.24. The van der Waals surface area contributed by atoms with Gasteiger partial charge in [-0.05, 0) is 55.5 Å². The first-order valence-electron chi connectivity index (χ1n) is 9.58. The summed E-state index contributed by atoms with van der Waals surface area (Å²) in [4.78, 5) is 24.1. The minimum atomic E-state index is -0.462. The number of benzene rings is 2. The van der Waals surface area contributed by atoms with Gasteiger partial charge in [0.05, 0.1) is 18.8 Å². The van der Waals surface area contributed by atoms with E-state index >= 15 is 0 Å². The van der Waals surface area contributed by atoms with Crippen molar-refractivity contribution in [3.63, 3.8) is 0 Å². The van der Waals surface area contributed by atoms with Crippen LogP contribution in [0.3, 0.4) is 0 Å². The molecule has 28 heavy (non-hydrogen) atoms. The molecular weight excluding hydrogens is 354 g/mol. The molecule has 0 bridgehead atoms. The van der Waals surface area contributed by atoms with Crippen LogP contribution in [0.15, 0.2) is 42.5 Å². The van der Waals surface area contributed by atoms with Crippen LogP contribution in [0.1, 0.15) is 43.9 Å². The largest absolute Gasteiger partial charge is 0.495 e. The van der Waals surface area contributed by atoms with Gasteiger partial charge in [0.1, 0.15) is 11.8 Å². The van der Waals surface area contributed by atoms with Crippen molar-refractivity contribution in [3.8, 4) is 5.75 Å². The fraction of sp³-hybridized carbons (Fsp3) is 0.364. The Bertz CT molecular complexity index is 866. The second-order valence-corrected chi connectivity index (χ2v) is 7.11. The van der Waals surface area contributed by atoms with Gasteiger partial charge in [0.2, 0.25) is 11.8 Å². The van der Waals surface area contributed by atoms with E-state index < -0.39 is 6.04 Å². The third kappa shape index (κ3) is 4.63. The predicted octanol–water partition coefficient (Wildman–Crippen LogP) is 3.65. The molecule has 0 heterocycles. The molecule has 2 aromatic carbocycles. The van der Waals surface area contributed by atoms with E-state index in [0.717, 1.165) is 19.3 Å². The van der Waals surface area contributed by atoms with Gasteiger partial charge in [-0.15, -0.1) is 0 Å². The maximum Gasteiger partial charge on any atom is 0.242 e. The number of methoxy groups -OCH3 is 1. The molecule has 3 rings (SSSR count). The van der Waals surface area contributed by atoms with Crippen LogP contribution >= 0.6 is 0 Å². The van der Waals surface area contributed by atoms with Crippen LogP contribution in [0.25, 0.3) is 0 Å². The molecule has 2 amide bonds. The third-order valence-corrected chi connectivity index (χ3v) is 4.97. The molecule has 0 radical (unpaired) electrons. The topological polar surface area (TPSA) is 79.5 Å². The average Bonchev–Trinajstić information content (AvgIpc) is 2.68. The molecule has 3 N–H and O–H groups in total. The molecule has 0 saturated heterocycles. The van der Waals surface area contributed by atoms with E-state index in [9.17, 15) is 9.59 Å². The predicted molar refractivity (Wildman–Crippen MR) is 111 cm³/mol. The second-order valence-electron chi connectivity index (χ2n) is 7.11. The van der Waals surface area contributed by atoms with Crippen molar-refractivity contribution in [3.05, 3.63) is 53.6 Å². The van der Waals surface area contributed by atoms with Crippen LogP contribution in [0.4, 0.5) is 11.4 Å². The summed E-state index contributed by atoms with van der Waals surface area (Å²) >= 11 is 0. The normalized spacial score (nSPS) is 16.5. The fourth-order valence-electron chi connectivity index (χ4n) is 3.60. The number of ether oxygens (including phenoxy) is 1. The summed E-state index contributed by atoms with van der Waals surface area (Å²) in [6.45, 7) is 3.27. The average molecular weight is 381 g/mol. The van der Waals surface area contributed by atoms with E-state index in [1.54, 1.807) is 25.3 Å². The Labute approximate surface area is 165 Å². The molecule has 148 valence electrons. The van der Waals surface area contributed by atoms with Gasteiger partial charge in [-0.3, -0.25) is 9.59 Å². The lowest BCUT2D eigenvalue weighted by molar-refractivity contribution is -0.122. The minimum absolute atomic E-state index is 0.0364. The first-order valence-corrected chi connectivity index (χ1v) is 9.58. The Morgan fingerprint density at radius 3 is 2.71 bits per heavy atom. The first kappa shape index (κ1) is 19.7. The molecule has 2 unspecified atom stereocenters. The van der Waals surface area contributed by atoms with Gasteiger partial charge in [0.15, 0.2) is 0 Å². The summed E-state index contributed by atoms with van der Waals surface area (Å²) in [5.41, 5.74) is 3.81. The van der Waals surface area contributed by atoms with E-state index in [2.05, 4.69) is 28.1 Å². The van der Waals surface area contributed by atoms with Crippen molar-refractivity contribution >= 4 is 23.2 Å². The standard InChI is InChI=1S/C22H27N3O3/c1-14(23-20-13-17(24-15(2)26)11-12-21(20)28-3)22(27)25-19-10-6-8-16-7-4-5-9-18(16)19/h4-5,7,9,11-14,19,23H,6,8,10H2,1-3H3,(H,24,26)(H,25,27). The van der Waals surface area contributed by atoms with Crippen molar-refractivity contribution in [2.75, 3.05) is 17.7 Å². The number of fused-ring (bicyclic) bond motifs is 1. The van der Waals surface area contributed by atoms with Crippen LogP contribution in [0, 0.1) is 0 Å². The van der Waals surface area contributed by atoms with Crippen LogP contribution in [-0.4, -0.2) is 25.0 Å². The Balaban J connectivity index is 1.70. The maximum atomic E-state index is 12.8. The Kier molecular flexibility index (Phi) is 6.19. The summed E-state index contributed by atoms with van der Waals surface area (Å²) in [6.07, 6.45) is 3.07. The lowest BCUT2D eigenvalue weighted by Crippen LogP contribution is -2.40. The van der Waals surface area contributed by atoms with Gasteiger partial charge in [-0.1, -0.05) is 24.3 Å². The number of hydrogen-bond acceptors (Lipinski definition) is 4. The number of aryl methyl sites for hydroxylation is 1. The van der Waals surface area contributed by atoms with Gasteiger partial charge >= 0.3 is 0 Å². The van der Waals surface area contributed by atoms with Crippen LogP contribution in [0.5, 0.6) is 5.75 Å². The number of rotatable bonds is 6. The molecule has 6 heteroatoms. The summed E-state index contributed by atoms with van der Waals surface area (Å²) in [7, 11) is 1.57. The summed E-state index contributed by atoms with van der Waals surface area (Å²) in [5.74, 6) is 0.378. The third-order valence-electron chi connectivity index (χ3n) is 4.97. The number of anilines is 2. The molecule has 2 aromatic rings. The van der Waals surface area contributed by atoms with Crippen molar-refractivity contribution < 1.29 is 14.3 Å². The van der Waals surface area contributed by atoms with Crippen molar-refractivity contribution in [1.29, 1.82) is 0 Å². The second kappa shape index (κ2) is 8.78. The fourth-order valence-corrected chi connectivity index (χ4v) is 3.60. The molecular formula is C22H27N3O3. The quantitative estimate of drug-likeness (QED) is 0.714.